The molecule has 0 fully saturated rings. The number of halogens is 1. The second-order valence-electron chi connectivity index (χ2n) is 6.46. The normalized spacial score (nSPS) is 18.2. The highest BCUT2D eigenvalue weighted by atomic mass is 35.5. The largest absolute Gasteiger partial charge is 0.301 e. The highest BCUT2D eigenvalue weighted by Crippen LogP contribution is 2.39. The summed E-state index contributed by atoms with van der Waals surface area (Å²) in [5.41, 5.74) is 2.91. The zero-order valence-corrected chi connectivity index (χ0v) is 14.5. The molecule has 0 bridgehead atoms. The van der Waals surface area contributed by atoms with Gasteiger partial charge < -0.3 is 0 Å². The molecule has 1 aromatic carbocycles. The van der Waals surface area contributed by atoms with Gasteiger partial charge in [-0.25, -0.2) is 0 Å². The Morgan fingerprint density at radius 2 is 1.96 bits per heavy atom. The predicted molar refractivity (Wildman–Crippen MR) is 96.9 cm³/mol. The van der Waals surface area contributed by atoms with E-state index in [1.807, 2.05) is 6.08 Å². The second-order valence-corrected chi connectivity index (χ2v) is 6.94. The summed E-state index contributed by atoms with van der Waals surface area (Å²) in [4.78, 5) is 20.4. The summed E-state index contributed by atoms with van der Waals surface area (Å²) in [5.74, 6) is 0. The van der Waals surface area contributed by atoms with Gasteiger partial charge in [-0.1, -0.05) is 25.4 Å². The average Bonchev–Trinajstić information content (AvgIpc) is 2.49. The van der Waals surface area contributed by atoms with Crippen molar-refractivity contribution in [1.82, 2.24) is 0 Å². The topological polar surface area (TPSA) is 111 Å². The van der Waals surface area contributed by atoms with Crippen molar-refractivity contribution in [2.24, 2.45) is 10.5 Å². The van der Waals surface area contributed by atoms with Crippen molar-refractivity contribution in [1.29, 1.82) is 0 Å². The molecule has 9 heteroatoms. The maximum absolute atomic E-state index is 11.0. The zero-order chi connectivity index (χ0) is 18.6. The molecule has 0 aliphatic heterocycles. The molecule has 1 aliphatic rings. The average molecular weight is 365 g/mol. The van der Waals surface area contributed by atoms with E-state index in [0.29, 0.717) is 0 Å². The first-order valence-corrected chi connectivity index (χ1v) is 7.83. The summed E-state index contributed by atoms with van der Waals surface area (Å²) in [6, 6.07) is 3.32. The minimum atomic E-state index is -0.699. The van der Waals surface area contributed by atoms with Crippen LogP contribution in [0.1, 0.15) is 26.7 Å². The molecule has 8 nitrogen and oxygen atoms in total. The van der Waals surface area contributed by atoms with Crippen molar-refractivity contribution < 1.29 is 9.85 Å². The van der Waals surface area contributed by atoms with Gasteiger partial charge in [-0.05, 0) is 42.0 Å². The molecule has 1 aliphatic carbocycles. The van der Waals surface area contributed by atoms with Crippen molar-refractivity contribution in [2.45, 2.75) is 26.7 Å². The van der Waals surface area contributed by atoms with E-state index < -0.39 is 15.5 Å². The van der Waals surface area contributed by atoms with Gasteiger partial charge in [0.1, 0.15) is 5.69 Å². The fourth-order valence-electron chi connectivity index (χ4n) is 2.60. The first-order valence-electron chi connectivity index (χ1n) is 7.45. The van der Waals surface area contributed by atoms with Gasteiger partial charge >= 0.3 is 5.69 Å². The third kappa shape index (κ3) is 5.12. The second kappa shape index (κ2) is 7.43. The standard InChI is InChI=1S/C16H17ClN4O4/c1-16(2)9-11(7-12(17)10-16)5-6-18-19-14-4-3-13(20(22)23)8-15(14)21(24)25/h3-8,19H,9-10H2,1-2H3. The van der Waals surface area contributed by atoms with Gasteiger partial charge in [-0.2, -0.15) is 5.10 Å². The van der Waals surface area contributed by atoms with Crippen molar-refractivity contribution in [2.75, 3.05) is 5.43 Å². The van der Waals surface area contributed by atoms with E-state index in [2.05, 4.69) is 24.4 Å². The molecule has 2 rings (SSSR count). The van der Waals surface area contributed by atoms with Crippen LogP contribution in [0.3, 0.4) is 0 Å². The third-order valence-corrected chi connectivity index (χ3v) is 3.85. The van der Waals surface area contributed by atoms with Gasteiger partial charge in [0.15, 0.2) is 0 Å². The Labute approximate surface area is 149 Å². The van der Waals surface area contributed by atoms with E-state index in [1.165, 1.54) is 18.3 Å². The number of non-ortho nitro benzene ring substituents is 1. The van der Waals surface area contributed by atoms with Crippen LogP contribution in [0.15, 0.2) is 46.1 Å². The summed E-state index contributed by atoms with van der Waals surface area (Å²) in [5, 5.41) is 26.5. The Balaban J connectivity index is 2.14. The third-order valence-electron chi connectivity index (χ3n) is 3.61. The minimum absolute atomic E-state index is 0.0656. The molecule has 0 atom stereocenters. The summed E-state index contributed by atoms with van der Waals surface area (Å²) in [6.07, 6.45) is 6.78. The number of nitrogens with one attached hydrogen (secondary N) is 1. The Hall–Kier alpha value is -2.74. The van der Waals surface area contributed by atoms with Gasteiger partial charge in [-0.3, -0.25) is 25.7 Å². The molecule has 25 heavy (non-hydrogen) atoms. The summed E-state index contributed by atoms with van der Waals surface area (Å²) < 4.78 is 0. The van der Waals surface area contributed by atoms with Crippen LogP contribution in [0.25, 0.3) is 0 Å². The van der Waals surface area contributed by atoms with Gasteiger partial charge in [0.25, 0.3) is 5.69 Å². The zero-order valence-electron chi connectivity index (χ0n) is 13.7. The number of nitro groups is 2. The minimum Gasteiger partial charge on any atom is -0.272 e. The quantitative estimate of drug-likeness (QED) is 0.459. The number of nitrogens with zero attached hydrogens (tertiary/aromatic N) is 3. The highest BCUT2D eigenvalue weighted by Gasteiger charge is 2.24. The summed E-state index contributed by atoms with van der Waals surface area (Å²) in [7, 11) is 0. The number of nitro benzene ring substituents is 2. The Bertz CT molecular complexity index is 799. The summed E-state index contributed by atoms with van der Waals surface area (Å²) >= 11 is 6.13. The monoisotopic (exact) mass is 364 g/mol. The SMILES string of the molecule is CC1(C)CC(Cl)=CC(=CC=NNc2ccc([N+](=O)[O-])cc2[N+](=O)[O-])C1. The number of allylic oxidation sites excluding steroid dienone is 4. The van der Waals surface area contributed by atoms with Crippen LogP contribution in [0.5, 0.6) is 0 Å². The lowest BCUT2D eigenvalue weighted by molar-refractivity contribution is -0.393. The molecule has 0 radical (unpaired) electrons. The molecular weight excluding hydrogens is 348 g/mol. The fourth-order valence-corrected chi connectivity index (χ4v) is 3.10. The Morgan fingerprint density at radius 1 is 1.24 bits per heavy atom. The van der Waals surface area contributed by atoms with Crippen molar-refractivity contribution in [3.8, 4) is 0 Å². The van der Waals surface area contributed by atoms with Crippen LogP contribution in [0.2, 0.25) is 0 Å². The Morgan fingerprint density at radius 3 is 2.56 bits per heavy atom. The first kappa shape index (κ1) is 18.6. The van der Waals surface area contributed by atoms with Crippen molar-refractivity contribution >= 4 is 34.9 Å². The molecule has 1 aromatic rings. The molecule has 0 amide bonds. The van der Waals surface area contributed by atoms with Crippen LogP contribution >= 0.6 is 11.6 Å². The number of rotatable bonds is 5. The van der Waals surface area contributed by atoms with Crippen LogP contribution in [0, 0.1) is 25.6 Å². The van der Waals surface area contributed by atoms with Crippen LogP contribution in [-0.2, 0) is 0 Å². The number of benzene rings is 1. The highest BCUT2D eigenvalue weighted by molar-refractivity contribution is 6.29. The molecule has 0 saturated carbocycles. The van der Waals surface area contributed by atoms with Gasteiger partial charge in [0.2, 0.25) is 0 Å². The molecular formula is C16H17ClN4O4. The number of hydrogen-bond acceptors (Lipinski definition) is 6. The first-order chi connectivity index (χ1) is 11.7. The van der Waals surface area contributed by atoms with Crippen LogP contribution in [-0.4, -0.2) is 16.1 Å². The van der Waals surface area contributed by atoms with Crippen molar-refractivity contribution in [3.05, 3.63) is 61.2 Å². The van der Waals surface area contributed by atoms with E-state index in [-0.39, 0.29) is 16.8 Å². The summed E-state index contributed by atoms with van der Waals surface area (Å²) in [6.45, 7) is 4.23. The van der Waals surface area contributed by atoms with E-state index >= 15 is 0 Å². The van der Waals surface area contributed by atoms with Crippen LogP contribution < -0.4 is 5.43 Å². The van der Waals surface area contributed by atoms with Gasteiger partial charge in [-0.15, -0.1) is 0 Å². The van der Waals surface area contributed by atoms with E-state index in [4.69, 9.17) is 11.6 Å². The lowest BCUT2D eigenvalue weighted by Gasteiger charge is -2.28. The number of hydrogen-bond donors (Lipinski definition) is 1. The van der Waals surface area contributed by atoms with E-state index in [1.54, 1.807) is 6.08 Å². The van der Waals surface area contributed by atoms with E-state index in [9.17, 15) is 20.2 Å². The van der Waals surface area contributed by atoms with Crippen LogP contribution in [0.4, 0.5) is 17.1 Å². The van der Waals surface area contributed by atoms with Gasteiger partial charge in [0, 0.05) is 17.3 Å². The maximum atomic E-state index is 11.0. The lowest BCUT2D eigenvalue weighted by atomic mass is 9.78. The van der Waals surface area contributed by atoms with E-state index in [0.717, 1.165) is 29.5 Å². The molecule has 0 spiro atoms. The Kier molecular flexibility index (Phi) is 5.53. The lowest BCUT2D eigenvalue weighted by Crippen LogP contribution is -2.15. The van der Waals surface area contributed by atoms with Gasteiger partial charge in [0.05, 0.1) is 15.9 Å². The molecule has 0 heterocycles. The smallest absolute Gasteiger partial charge is 0.272 e. The number of hydrazone groups is 1. The fraction of sp³-hybridized carbons (Fsp3) is 0.312. The maximum Gasteiger partial charge on any atom is 0.301 e. The predicted octanol–water partition coefficient (Wildman–Crippen LogP) is 4.77. The molecule has 0 saturated heterocycles. The molecule has 0 unspecified atom stereocenters. The van der Waals surface area contributed by atoms with Crippen molar-refractivity contribution in [3.63, 3.8) is 0 Å². The molecule has 0 aromatic heterocycles. The number of anilines is 1. The molecule has 132 valence electrons. The molecule has 1 N–H and O–H groups in total.